The average Bonchev–Trinajstić information content (AvgIpc) is 3.15. The number of aryl methyl sites for hydroxylation is 1. The summed E-state index contributed by atoms with van der Waals surface area (Å²) in [5.74, 6) is 0. The van der Waals surface area contributed by atoms with Crippen LogP contribution in [0.15, 0.2) is 102 Å². The number of benzene rings is 3. The predicted octanol–water partition coefficient (Wildman–Crippen LogP) is 5.71. The topological polar surface area (TPSA) is 0 Å². The molecular weight excluding hydrogens is 364 g/mol. The van der Waals surface area contributed by atoms with E-state index >= 15 is 0 Å². The minimum absolute atomic E-state index is 1.05. The lowest BCUT2D eigenvalue weighted by Gasteiger charge is -2.20. The van der Waals surface area contributed by atoms with Crippen LogP contribution in [0.5, 0.6) is 0 Å². The Morgan fingerprint density at radius 2 is 1.34 bits per heavy atom. The van der Waals surface area contributed by atoms with E-state index in [-0.39, 0.29) is 0 Å². The second-order valence-electron chi connectivity index (χ2n) is 8.02. The highest BCUT2D eigenvalue weighted by molar-refractivity contribution is 6.91. The molecule has 1 heteroatoms. The predicted molar refractivity (Wildman–Crippen MR) is 130 cm³/mol. The summed E-state index contributed by atoms with van der Waals surface area (Å²) in [5.41, 5.74) is 5.85. The van der Waals surface area contributed by atoms with E-state index in [4.69, 9.17) is 0 Å². The van der Waals surface area contributed by atoms with E-state index < -0.39 is 8.80 Å². The maximum atomic E-state index is 2.51. The number of hydrogen-bond donors (Lipinski definition) is 0. The van der Waals surface area contributed by atoms with Crippen LogP contribution in [0, 0.1) is 0 Å². The van der Waals surface area contributed by atoms with Gasteiger partial charge in [-0.15, -0.1) is 0 Å². The zero-order valence-electron chi connectivity index (χ0n) is 17.6. The molecular formula is C28H30Si. The van der Waals surface area contributed by atoms with Crippen LogP contribution in [0.2, 0.25) is 0 Å². The molecule has 0 saturated carbocycles. The number of allylic oxidation sites excluding steroid dienone is 4. The van der Waals surface area contributed by atoms with Crippen LogP contribution < -0.4 is 10.4 Å². The van der Waals surface area contributed by atoms with Crippen LogP contribution in [-0.4, -0.2) is 8.80 Å². The molecule has 0 heterocycles. The molecule has 1 aliphatic rings. The molecule has 3 aromatic carbocycles. The zero-order valence-corrected chi connectivity index (χ0v) is 18.7. The van der Waals surface area contributed by atoms with E-state index in [0.29, 0.717) is 0 Å². The van der Waals surface area contributed by atoms with Gasteiger partial charge in [0.1, 0.15) is 8.80 Å². The summed E-state index contributed by atoms with van der Waals surface area (Å²) in [4.78, 5) is 0. The van der Waals surface area contributed by atoms with Gasteiger partial charge >= 0.3 is 0 Å². The Labute approximate surface area is 177 Å². The van der Waals surface area contributed by atoms with Gasteiger partial charge in [0.15, 0.2) is 0 Å². The maximum Gasteiger partial charge on any atom is 0.132 e. The van der Waals surface area contributed by atoms with Gasteiger partial charge in [0, 0.05) is 0 Å². The van der Waals surface area contributed by atoms with Gasteiger partial charge in [-0.2, -0.15) is 0 Å². The Bertz CT molecular complexity index is 956. The van der Waals surface area contributed by atoms with Crippen molar-refractivity contribution in [2.45, 2.75) is 39.5 Å². The molecule has 0 unspecified atom stereocenters. The van der Waals surface area contributed by atoms with E-state index in [9.17, 15) is 0 Å². The highest BCUT2D eigenvalue weighted by atomic mass is 28.3. The van der Waals surface area contributed by atoms with Gasteiger partial charge in [0.2, 0.25) is 0 Å². The van der Waals surface area contributed by atoms with Crippen molar-refractivity contribution >= 4 is 24.7 Å². The summed E-state index contributed by atoms with van der Waals surface area (Å²) < 4.78 is 0. The van der Waals surface area contributed by atoms with E-state index in [0.717, 1.165) is 6.42 Å². The first-order chi connectivity index (χ1) is 14.3. The van der Waals surface area contributed by atoms with Crippen molar-refractivity contribution in [3.63, 3.8) is 0 Å². The van der Waals surface area contributed by atoms with Gasteiger partial charge < -0.3 is 0 Å². The van der Waals surface area contributed by atoms with Crippen LogP contribution >= 0.6 is 0 Å². The van der Waals surface area contributed by atoms with Crippen molar-refractivity contribution in [1.82, 2.24) is 0 Å². The molecule has 0 aromatic heterocycles. The van der Waals surface area contributed by atoms with Gasteiger partial charge in [0.05, 0.1) is 0 Å². The van der Waals surface area contributed by atoms with E-state index in [1.807, 2.05) is 0 Å². The molecule has 0 fully saturated rings. The van der Waals surface area contributed by atoms with Gasteiger partial charge in [-0.3, -0.25) is 0 Å². The highest BCUT2D eigenvalue weighted by Crippen LogP contribution is 2.34. The maximum absolute atomic E-state index is 2.51. The first kappa shape index (κ1) is 19.7. The summed E-state index contributed by atoms with van der Waals surface area (Å²) in [5, 5.41) is 4.59. The second kappa shape index (κ2) is 9.24. The molecule has 1 aliphatic carbocycles. The number of hydrogen-bond acceptors (Lipinski definition) is 0. The number of unbranched alkanes of at least 4 members (excludes halogenated alkanes) is 1. The second-order valence-corrected chi connectivity index (χ2v) is 10.8. The van der Waals surface area contributed by atoms with E-state index in [2.05, 4.69) is 105 Å². The van der Waals surface area contributed by atoms with Crippen LogP contribution in [0.3, 0.4) is 0 Å². The molecule has 0 bridgehead atoms. The average molecular weight is 395 g/mol. The molecule has 4 rings (SSSR count). The van der Waals surface area contributed by atoms with Crippen LogP contribution in [0.4, 0.5) is 0 Å². The molecule has 0 saturated heterocycles. The third-order valence-corrected chi connectivity index (χ3v) is 9.50. The van der Waals surface area contributed by atoms with Crippen molar-refractivity contribution < 1.29 is 0 Å². The van der Waals surface area contributed by atoms with Crippen LogP contribution in [-0.2, 0) is 6.42 Å². The summed E-state index contributed by atoms with van der Waals surface area (Å²) in [6.07, 6.45) is 7.28. The van der Waals surface area contributed by atoms with Gasteiger partial charge in [-0.05, 0) is 48.5 Å². The van der Waals surface area contributed by atoms with Crippen molar-refractivity contribution in [3.05, 3.63) is 113 Å². The molecule has 0 spiro atoms. The van der Waals surface area contributed by atoms with Crippen molar-refractivity contribution in [1.29, 1.82) is 0 Å². The normalized spacial score (nSPS) is 13.8. The van der Waals surface area contributed by atoms with Crippen LogP contribution in [0.1, 0.15) is 44.2 Å². The summed E-state index contributed by atoms with van der Waals surface area (Å²) in [7, 11) is -1.44. The quantitative estimate of drug-likeness (QED) is 0.450. The van der Waals surface area contributed by atoms with E-state index in [1.54, 1.807) is 5.20 Å². The Morgan fingerprint density at radius 3 is 1.90 bits per heavy atom. The first-order valence-electron chi connectivity index (χ1n) is 10.9. The van der Waals surface area contributed by atoms with Gasteiger partial charge in [-0.1, -0.05) is 120 Å². The third kappa shape index (κ3) is 4.36. The largest absolute Gasteiger partial charge is 0.132 e. The molecule has 0 N–H and O–H groups in total. The number of rotatable bonds is 7. The van der Waals surface area contributed by atoms with Gasteiger partial charge in [0.25, 0.3) is 0 Å². The molecule has 0 atom stereocenters. The molecule has 0 radical (unpaired) electrons. The van der Waals surface area contributed by atoms with Crippen molar-refractivity contribution in [2.24, 2.45) is 0 Å². The minimum Gasteiger partial charge on any atom is -0.0801 e. The lowest BCUT2D eigenvalue weighted by atomic mass is 9.99. The fraction of sp³-hybridized carbons (Fsp3) is 0.214. The summed E-state index contributed by atoms with van der Waals surface area (Å²) >= 11 is 0. The molecule has 146 valence electrons. The minimum atomic E-state index is -1.44. The van der Waals surface area contributed by atoms with Crippen molar-refractivity contribution in [2.75, 3.05) is 0 Å². The summed E-state index contributed by atoms with van der Waals surface area (Å²) in [6, 6.07) is 31.6. The van der Waals surface area contributed by atoms with Crippen LogP contribution in [0.25, 0.3) is 5.57 Å². The Kier molecular flexibility index (Phi) is 6.26. The van der Waals surface area contributed by atoms with Crippen molar-refractivity contribution in [3.8, 4) is 0 Å². The highest BCUT2D eigenvalue weighted by Gasteiger charge is 2.26. The fourth-order valence-electron chi connectivity index (χ4n) is 4.46. The Balaban J connectivity index is 1.67. The fourth-order valence-corrected chi connectivity index (χ4v) is 7.74. The third-order valence-electron chi connectivity index (χ3n) is 6.11. The molecule has 0 nitrogen and oxygen atoms in total. The molecule has 0 amide bonds. The van der Waals surface area contributed by atoms with Gasteiger partial charge in [-0.25, -0.2) is 0 Å². The molecule has 29 heavy (non-hydrogen) atoms. The molecule has 0 aliphatic heterocycles. The smallest absolute Gasteiger partial charge is 0.0801 e. The zero-order chi connectivity index (χ0) is 20.1. The Morgan fingerprint density at radius 1 is 0.759 bits per heavy atom. The lowest BCUT2D eigenvalue weighted by molar-refractivity contribution is 0.795. The molecule has 3 aromatic rings. The standard InChI is InChI=1S/C28H30Si/c1-3-4-11-23-16-18-24(19-17-23)27-20-21-28(22(27)2)29(25-12-7-5-8-13-25)26-14-9-6-10-15-26/h5-10,12-19,21,29H,3-4,11,20H2,1-2H3. The lowest BCUT2D eigenvalue weighted by Crippen LogP contribution is -2.44. The Hall–Kier alpha value is -2.64. The monoisotopic (exact) mass is 394 g/mol. The van der Waals surface area contributed by atoms with E-state index in [1.165, 1.54) is 51.9 Å². The SMILES string of the molecule is CCCCc1ccc(C2=C(C)C([SiH](c3ccccc3)c3ccccc3)=CC2)cc1. The summed E-state index contributed by atoms with van der Waals surface area (Å²) in [6.45, 7) is 4.60. The first-order valence-corrected chi connectivity index (χ1v) is 12.6.